The number of aromatic hydroxyl groups is 1. The number of hydrogen-bond acceptors (Lipinski definition) is 5. The lowest BCUT2D eigenvalue weighted by molar-refractivity contribution is 0.0856. The Kier molecular flexibility index (Phi) is 3.65. The van der Waals surface area contributed by atoms with Crippen LogP contribution in [0.5, 0.6) is 11.5 Å². The largest absolute Gasteiger partial charge is 0.507 e. The van der Waals surface area contributed by atoms with Crippen molar-refractivity contribution >= 4 is 28.9 Å². The summed E-state index contributed by atoms with van der Waals surface area (Å²) in [6, 6.07) is 19.3. The summed E-state index contributed by atoms with van der Waals surface area (Å²) in [6.07, 6.45) is -0.716. The van der Waals surface area contributed by atoms with Crippen LogP contribution in [0.25, 0.3) is 0 Å². The molecule has 1 atom stereocenters. The lowest BCUT2D eigenvalue weighted by Gasteiger charge is -2.32. The van der Waals surface area contributed by atoms with Gasteiger partial charge in [0.05, 0.1) is 11.4 Å². The van der Waals surface area contributed by atoms with Gasteiger partial charge in [0.1, 0.15) is 17.1 Å². The Morgan fingerprint density at radius 1 is 1.04 bits per heavy atom. The third-order valence-electron chi connectivity index (χ3n) is 5.00. The Morgan fingerprint density at radius 2 is 1.85 bits per heavy atom. The Balaban J connectivity index is 1.55. The minimum Gasteiger partial charge on any atom is -0.507 e. The molecule has 0 saturated heterocycles. The number of nitrogens with zero attached hydrogens (tertiary/aromatic N) is 1. The molecule has 0 fully saturated rings. The normalized spacial score (nSPS) is 17.1. The number of benzene rings is 3. The molecule has 134 valence electrons. The van der Waals surface area contributed by atoms with Crippen LogP contribution >= 0.6 is 11.8 Å². The number of para-hydroxylation sites is 1. The quantitative estimate of drug-likeness (QED) is 0.656. The number of phenols is 1. The summed E-state index contributed by atoms with van der Waals surface area (Å²) in [5.41, 5.74) is 3.41. The van der Waals surface area contributed by atoms with Crippen molar-refractivity contribution in [1.82, 2.24) is 0 Å². The summed E-state index contributed by atoms with van der Waals surface area (Å²) >= 11 is 1.70. The number of ketones is 1. The Labute approximate surface area is 161 Å². The Morgan fingerprint density at radius 3 is 2.67 bits per heavy atom. The van der Waals surface area contributed by atoms with Crippen molar-refractivity contribution in [3.8, 4) is 11.5 Å². The zero-order chi connectivity index (χ0) is 18.5. The van der Waals surface area contributed by atoms with Gasteiger partial charge in [-0.1, -0.05) is 36.0 Å². The molecular weight excluding hydrogens is 358 g/mol. The topological polar surface area (TPSA) is 49.8 Å². The van der Waals surface area contributed by atoms with E-state index >= 15 is 0 Å². The monoisotopic (exact) mass is 375 g/mol. The second kappa shape index (κ2) is 6.06. The van der Waals surface area contributed by atoms with Crippen LogP contribution in [0.3, 0.4) is 0 Å². The van der Waals surface area contributed by atoms with Crippen LogP contribution in [0, 0.1) is 0 Å². The summed E-state index contributed by atoms with van der Waals surface area (Å²) in [5, 5.41) is 10.0. The van der Waals surface area contributed by atoms with Gasteiger partial charge in [-0.25, -0.2) is 0 Å². The van der Waals surface area contributed by atoms with E-state index < -0.39 is 6.10 Å². The molecule has 2 aliphatic rings. The number of fused-ring (bicyclic) bond motifs is 3. The standard InChI is InChI=1S/C22H17NO3S/c1-2-23-14-6-3-4-9-18(14)27-19-12-13(10-11-15(19)23)22-21(25)20-16(24)7-5-8-17(20)26-22/h3-12,22,24H,2H2,1H3. The van der Waals surface area contributed by atoms with E-state index in [0.717, 1.165) is 22.7 Å². The Bertz CT molecular complexity index is 1080. The van der Waals surface area contributed by atoms with Crippen LogP contribution in [0.1, 0.15) is 28.9 Å². The van der Waals surface area contributed by atoms with Crippen LogP contribution in [0.15, 0.2) is 70.5 Å². The number of phenolic OH excluding ortho intramolecular Hbond substituents is 1. The molecule has 3 aromatic rings. The van der Waals surface area contributed by atoms with Gasteiger partial charge in [-0.15, -0.1) is 0 Å². The molecule has 3 aromatic carbocycles. The van der Waals surface area contributed by atoms with Crippen molar-refractivity contribution < 1.29 is 14.6 Å². The number of carbonyl (C=O) groups excluding carboxylic acids is 1. The molecule has 2 aliphatic heterocycles. The first kappa shape index (κ1) is 16.3. The fraction of sp³-hybridized carbons (Fsp3) is 0.136. The highest BCUT2D eigenvalue weighted by Gasteiger charge is 2.36. The van der Waals surface area contributed by atoms with E-state index in [1.54, 1.807) is 23.9 Å². The highest BCUT2D eigenvalue weighted by atomic mass is 32.2. The highest BCUT2D eigenvalue weighted by Crippen LogP contribution is 2.49. The average molecular weight is 375 g/mol. The zero-order valence-electron chi connectivity index (χ0n) is 14.7. The third-order valence-corrected chi connectivity index (χ3v) is 6.12. The summed E-state index contributed by atoms with van der Waals surface area (Å²) in [6.45, 7) is 3.00. The molecule has 0 amide bonds. The lowest BCUT2D eigenvalue weighted by atomic mass is 10.0. The molecule has 4 nitrogen and oxygen atoms in total. The van der Waals surface area contributed by atoms with Gasteiger partial charge in [-0.05, 0) is 43.3 Å². The fourth-order valence-corrected chi connectivity index (χ4v) is 4.89. The molecule has 2 heterocycles. The van der Waals surface area contributed by atoms with Gasteiger partial charge in [-0.2, -0.15) is 0 Å². The minimum atomic E-state index is -0.716. The first-order valence-corrected chi connectivity index (χ1v) is 9.70. The van der Waals surface area contributed by atoms with E-state index in [0.29, 0.717) is 5.75 Å². The van der Waals surface area contributed by atoms with E-state index in [4.69, 9.17) is 4.74 Å². The number of carbonyl (C=O) groups is 1. The second-order valence-electron chi connectivity index (χ2n) is 6.55. The molecular formula is C22H17NO3S. The van der Waals surface area contributed by atoms with Gasteiger partial charge >= 0.3 is 0 Å². The van der Waals surface area contributed by atoms with E-state index in [1.165, 1.54) is 16.6 Å². The van der Waals surface area contributed by atoms with Crippen molar-refractivity contribution in [2.45, 2.75) is 22.8 Å². The van der Waals surface area contributed by atoms with Gasteiger partial charge in [0.25, 0.3) is 0 Å². The molecule has 27 heavy (non-hydrogen) atoms. The van der Waals surface area contributed by atoms with Gasteiger partial charge in [-0.3, -0.25) is 4.79 Å². The van der Waals surface area contributed by atoms with E-state index in [-0.39, 0.29) is 17.1 Å². The molecule has 1 unspecified atom stereocenters. The molecule has 0 radical (unpaired) electrons. The minimum absolute atomic E-state index is 0.0292. The van der Waals surface area contributed by atoms with Crippen LogP contribution in [-0.4, -0.2) is 17.4 Å². The van der Waals surface area contributed by atoms with Crippen molar-refractivity contribution in [2.24, 2.45) is 0 Å². The third kappa shape index (κ3) is 2.42. The molecule has 0 spiro atoms. The van der Waals surface area contributed by atoms with Crippen molar-refractivity contribution in [3.63, 3.8) is 0 Å². The first-order valence-electron chi connectivity index (χ1n) is 8.88. The molecule has 0 saturated carbocycles. The Hall–Kier alpha value is -2.92. The average Bonchev–Trinajstić information content (AvgIpc) is 3.03. The zero-order valence-corrected chi connectivity index (χ0v) is 15.5. The number of Topliss-reactive ketones (excluding diaryl/α,β-unsaturated/α-hetero) is 1. The van der Waals surface area contributed by atoms with Gasteiger partial charge in [0, 0.05) is 21.9 Å². The maximum Gasteiger partial charge on any atom is 0.215 e. The van der Waals surface area contributed by atoms with Crippen LogP contribution in [0.4, 0.5) is 11.4 Å². The molecule has 0 aromatic heterocycles. The molecule has 5 heteroatoms. The van der Waals surface area contributed by atoms with Gasteiger partial charge in [0.2, 0.25) is 5.78 Å². The molecule has 0 aliphatic carbocycles. The van der Waals surface area contributed by atoms with E-state index in [9.17, 15) is 9.90 Å². The summed E-state index contributed by atoms with van der Waals surface area (Å²) in [5.74, 6) is 0.214. The smallest absolute Gasteiger partial charge is 0.215 e. The van der Waals surface area contributed by atoms with Gasteiger partial charge in [0.15, 0.2) is 6.10 Å². The van der Waals surface area contributed by atoms with Gasteiger partial charge < -0.3 is 14.7 Å². The number of ether oxygens (including phenoxy) is 1. The molecule has 0 bridgehead atoms. The lowest BCUT2D eigenvalue weighted by Crippen LogP contribution is -2.20. The van der Waals surface area contributed by atoms with E-state index in [2.05, 4.69) is 36.1 Å². The van der Waals surface area contributed by atoms with Crippen LogP contribution in [0.2, 0.25) is 0 Å². The van der Waals surface area contributed by atoms with E-state index in [1.807, 2.05) is 18.2 Å². The predicted octanol–water partition coefficient (Wildman–Crippen LogP) is 5.33. The SMILES string of the molecule is CCN1c2ccccc2Sc2cc(C3Oc4cccc(O)c4C3=O)ccc21. The highest BCUT2D eigenvalue weighted by molar-refractivity contribution is 7.99. The van der Waals surface area contributed by atoms with Crippen LogP contribution in [-0.2, 0) is 0 Å². The summed E-state index contributed by atoms with van der Waals surface area (Å²) in [4.78, 5) is 17.4. The number of rotatable bonds is 2. The fourth-order valence-electron chi connectivity index (χ4n) is 3.75. The van der Waals surface area contributed by atoms with Crippen molar-refractivity contribution in [3.05, 3.63) is 71.8 Å². The molecule has 1 N–H and O–H groups in total. The first-order chi connectivity index (χ1) is 13.2. The number of anilines is 2. The molecule has 5 rings (SSSR count). The maximum atomic E-state index is 12.8. The summed E-state index contributed by atoms with van der Waals surface area (Å²) < 4.78 is 5.87. The predicted molar refractivity (Wildman–Crippen MR) is 105 cm³/mol. The van der Waals surface area contributed by atoms with Crippen molar-refractivity contribution in [1.29, 1.82) is 0 Å². The van der Waals surface area contributed by atoms with Crippen LogP contribution < -0.4 is 9.64 Å². The number of hydrogen-bond donors (Lipinski definition) is 1. The van der Waals surface area contributed by atoms with Crippen molar-refractivity contribution in [2.75, 3.05) is 11.4 Å². The maximum absolute atomic E-state index is 12.8. The second-order valence-corrected chi connectivity index (χ2v) is 7.64. The summed E-state index contributed by atoms with van der Waals surface area (Å²) in [7, 11) is 0.